The van der Waals surface area contributed by atoms with E-state index >= 15 is 0 Å². The average Bonchev–Trinajstić information content (AvgIpc) is 2.65. The molecular weight excluding hydrogens is 233 g/mol. The minimum absolute atomic E-state index is 0.272. The third-order valence-corrected chi connectivity index (χ3v) is 3.82. The van der Waals surface area contributed by atoms with Crippen LogP contribution in [0, 0.1) is 5.82 Å². The summed E-state index contributed by atoms with van der Waals surface area (Å²) >= 11 is 0. The highest BCUT2D eigenvalue weighted by atomic mass is 19.1. The fourth-order valence-electron chi connectivity index (χ4n) is 2.75. The first-order valence-corrected chi connectivity index (χ1v) is 6.54. The molecule has 0 spiro atoms. The molecule has 18 heavy (non-hydrogen) atoms. The van der Waals surface area contributed by atoms with Gasteiger partial charge < -0.3 is 14.8 Å². The van der Waals surface area contributed by atoms with Gasteiger partial charge in [-0.2, -0.15) is 0 Å². The molecule has 1 N–H and O–H groups in total. The third kappa shape index (κ3) is 1.85. The van der Waals surface area contributed by atoms with Gasteiger partial charge in [-0.15, -0.1) is 0 Å². The largest absolute Gasteiger partial charge is 0.489 e. The number of benzene rings is 1. The Bertz CT molecular complexity index is 455. The van der Waals surface area contributed by atoms with Crippen molar-refractivity contribution in [3.8, 4) is 11.5 Å². The van der Waals surface area contributed by atoms with Gasteiger partial charge in [0.05, 0.1) is 13.2 Å². The summed E-state index contributed by atoms with van der Waals surface area (Å²) in [7, 11) is 0. The van der Waals surface area contributed by atoms with Gasteiger partial charge in [-0.3, -0.25) is 0 Å². The highest BCUT2D eigenvalue weighted by Gasteiger charge is 2.34. The van der Waals surface area contributed by atoms with Gasteiger partial charge in [0.1, 0.15) is 0 Å². The molecule has 4 heteroatoms. The van der Waals surface area contributed by atoms with Crippen LogP contribution >= 0.6 is 0 Å². The Morgan fingerprint density at radius 1 is 1.22 bits per heavy atom. The second kappa shape index (κ2) is 4.43. The maximum atomic E-state index is 14.6. The van der Waals surface area contributed by atoms with Crippen molar-refractivity contribution in [2.45, 2.75) is 31.7 Å². The zero-order valence-corrected chi connectivity index (χ0v) is 10.6. The van der Waals surface area contributed by atoms with Gasteiger partial charge in [0.25, 0.3) is 0 Å². The van der Waals surface area contributed by atoms with Crippen LogP contribution in [0.3, 0.4) is 0 Å². The summed E-state index contributed by atoms with van der Waals surface area (Å²) in [5.41, 5.74) is 0.402. The molecular formula is C14H18FNO2. The monoisotopic (exact) mass is 251 g/mol. The standard InChI is InChI=1S/C14H18FNO2/c1-14(6-2-7-16-14)10-4-5-11-13(12(10)15)18-9-3-8-17-11/h4-5,16H,2-3,6-9H2,1H3. The summed E-state index contributed by atoms with van der Waals surface area (Å²) in [6.45, 7) is 4.07. The molecule has 1 atom stereocenters. The number of hydrogen-bond acceptors (Lipinski definition) is 3. The van der Waals surface area contributed by atoms with Crippen LogP contribution in [0.15, 0.2) is 12.1 Å². The molecule has 2 heterocycles. The first-order valence-electron chi connectivity index (χ1n) is 6.54. The van der Waals surface area contributed by atoms with E-state index in [9.17, 15) is 4.39 Å². The summed E-state index contributed by atoms with van der Waals surface area (Å²) in [6, 6.07) is 3.64. The summed E-state index contributed by atoms with van der Waals surface area (Å²) in [5, 5.41) is 3.38. The van der Waals surface area contributed by atoms with Crippen LogP contribution in [0.2, 0.25) is 0 Å². The number of rotatable bonds is 1. The van der Waals surface area contributed by atoms with Crippen molar-refractivity contribution in [1.82, 2.24) is 5.32 Å². The quantitative estimate of drug-likeness (QED) is 0.832. The lowest BCUT2D eigenvalue weighted by atomic mass is 9.90. The van der Waals surface area contributed by atoms with Gasteiger partial charge in [0, 0.05) is 17.5 Å². The zero-order chi connectivity index (χ0) is 12.6. The summed E-state index contributed by atoms with van der Waals surface area (Å²) in [5.74, 6) is 0.529. The topological polar surface area (TPSA) is 30.5 Å². The maximum Gasteiger partial charge on any atom is 0.197 e. The number of hydrogen-bond donors (Lipinski definition) is 1. The molecule has 0 saturated carbocycles. The van der Waals surface area contributed by atoms with Crippen molar-refractivity contribution in [3.63, 3.8) is 0 Å². The zero-order valence-electron chi connectivity index (χ0n) is 10.6. The lowest BCUT2D eigenvalue weighted by Gasteiger charge is -2.26. The van der Waals surface area contributed by atoms with E-state index in [1.165, 1.54) is 0 Å². The molecule has 2 aliphatic rings. The van der Waals surface area contributed by atoms with Crippen molar-refractivity contribution in [2.75, 3.05) is 19.8 Å². The summed E-state index contributed by atoms with van der Waals surface area (Å²) in [4.78, 5) is 0. The van der Waals surface area contributed by atoms with Gasteiger partial charge in [0.2, 0.25) is 0 Å². The number of halogens is 1. The van der Waals surface area contributed by atoms with Crippen molar-refractivity contribution < 1.29 is 13.9 Å². The van der Waals surface area contributed by atoms with Crippen LogP contribution in [0.25, 0.3) is 0 Å². The van der Waals surface area contributed by atoms with Crippen LogP contribution in [0.5, 0.6) is 11.5 Å². The first kappa shape index (κ1) is 11.8. The maximum absolute atomic E-state index is 14.6. The predicted octanol–water partition coefficient (Wildman–Crippen LogP) is 2.59. The van der Waals surface area contributed by atoms with E-state index in [1.54, 1.807) is 0 Å². The number of fused-ring (bicyclic) bond motifs is 1. The fraction of sp³-hybridized carbons (Fsp3) is 0.571. The van der Waals surface area contributed by atoms with E-state index in [0.29, 0.717) is 24.5 Å². The second-order valence-electron chi connectivity index (χ2n) is 5.17. The van der Waals surface area contributed by atoms with E-state index in [-0.39, 0.29) is 17.1 Å². The number of nitrogens with one attached hydrogen (secondary N) is 1. The molecule has 3 nitrogen and oxygen atoms in total. The van der Waals surface area contributed by atoms with Crippen LogP contribution < -0.4 is 14.8 Å². The van der Waals surface area contributed by atoms with Crippen molar-refractivity contribution >= 4 is 0 Å². The molecule has 3 rings (SSSR count). The molecule has 1 fully saturated rings. The highest BCUT2D eigenvalue weighted by molar-refractivity contribution is 5.47. The molecule has 1 aromatic carbocycles. The molecule has 1 aromatic rings. The normalized spacial score (nSPS) is 27.0. The smallest absolute Gasteiger partial charge is 0.197 e. The summed E-state index contributed by atoms with van der Waals surface area (Å²) < 4.78 is 25.6. The molecule has 2 aliphatic heterocycles. The van der Waals surface area contributed by atoms with Crippen molar-refractivity contribution in [2.24, 2.45) is 0 Å². The SMILES string of the molecule is CC1(c2ccc3c(c2F)OCCCO3)CCCN1. The molecule has 1 saturated heterocycles. The van der Waals surface area contributed by atoms with Crippen LogP contribution in [-0.2, 0) is 5.54 Å². The Morgan fingerprint density at radius 3 is 2.83 bits per heavy atom. The molecule has 0 aromatic heterocycles. The molecule has 0 amide bonds. The van der Waals surface area contributed by atoms with E-state index in [1.807, 2.05) is 19.1 Å². The molecule has 1 unspecified atom stereocenters. The molecule has 0 bridgehead atoms. The van der Waals surface area contributed by atoms with Crippen LogP contribution in [0.1, 0.15) is 31.7 Å². The summed E-state index contributed by atoms with van der Waals surface area (Å²) in [6.07, 6.45) is 2.81. The second-order valence-corrected chi connectivity index (χ2v) is 5.17. The third-order valence-electron chi connectivity index (χ3n) is 3.82. The van der Waals surface area contributed by atoms with E-state index in [4.69, 9.17) is 9.47 Å². The Hall–Kier alpha value is -1.29. The van der Waals surface area contributed by atoms with E-state index in [2.05, 4.69) is 5.32 Å². The average molecular weight is 251 g/mol. The predicted molar refractivity (Wildman–Crippen MR) is 66.6 cm³/mol. The van der Waals surface area contributed by atoms with Gasteiger partial charge in [-0.1, -0.05) is 6.07 Å². The molecule has 0 radical (unpaired) electrons. The Kier molecular flexibility index (Phi) is 2.90. The highest BCUT2D eigenvalue weighted by Crippen LogP contribution is 2.40. The van der Waals surface area contributed by atoms with Gasteiger partial charge in [0.15, 0.2) is 17.3 Å². The Balaban J connectivity index is 2.04. The fourth-order valence-corrected chi connectivity index (χ4v) is 2.75. The van der Waals surface area contributed by atoms with E-state index < -0.39 is 0 Å². The molecule has 98 valence electrons. The lowest BCUT2D eigenvalue weighted by molar-refractivity contribution is 0.290. The van der Waals surface area contributed by atoms with Gasteiger partial charge >= 0.3 is 0 Å². The van der Waals surface area contributed by atoms with Crippen molar-refractivity contribution in [3.05, 3.63) is 23.5 Å². The van der Waals surface area contributed by atoms with Gasteiger partial charge in [-0.25, -0.2) is 4.39 Å². The lowest BCUT2D eigenvalue weighted by Crippen LogP contribution is -2.34. The Morgan fingerprint density at radius 2 is 2.06 bits per heavy atom. The minimum Gasteiger partial charge on any atom is -0.489 e. The van der Waals surface area contributed by atoms with Crippen LogP contribution in [-0.4, -0.2) is 19.8 Å². The minimum atomic E-state index is -0.283. The van der Waals surface area contributed by atoms with Gasteiger partial charge in [-0.05, 0) is 32.4 Å². The first-order chi connectivity index (χ1) is 8.71. The molecule has 0 aliphatic carbocycles. The number of ether oxygens (including phenoxy) is 2. The van der Waals surface area contributed by atoms with E-state index in [0.717, 1.165) is 25.8 Å². The Labute approximate surface area is 106 Å². The van der Waals surface area contributed by atoms with Crippen LogP contribution in [0.4, 0.5) is 4.39 Å². The van der Waals surface area contributed by atoms with Crippen molar-refractivity contribution in [1.29, 1.82) is 0 Å².